The van der Waals surface area contributed by atoms with Gasteiger partial charge in [-0.3, -0.25) is 4.40 Å². The number of benzene rings is 8. The van der Waals surface area contributed by atoms with E-state index in [1.165, 1.54) is 41.7 Å². The molecule has 0 unspecified atom stereocenters. The van der Waals surface area contributed by atoms with Crippen molar-refractivity contribution in [2.24, 2.45) is 0 Å². The molecule has 0 amide bonds. The monoisotopic (exact) mass is 770 g/mol. The summed E-state index contributed by atoms with van der Waals surface area (Å²) in [5, 5.41) is 7.29. The van der Waals surface area contributed by atoms with Crippen molar-refractivity contribution in [2.75, 3.05) is 0 Å². The largest absolute Gasteiger partial charge is 0.309 e. The minimum absolute atomic E-state index is 0.630. The molecule has 59 heavy (non-hydrogen) atoms. The van der Waals surface area contributed by atoms with Crippen LogP contribution in [0.3, 0.4) is 0 Å². The number of aromatic nitrogens is 6. The van der Waals surface area contributed by atoms with Crippen molar-refractivity contribution in [3.05, 3.63) is 182 Å². The summed E-state index contributed by atoms with van der Waals surface area (Å²) in [7, 11) is 0. The van der Waals surface area contributed by atoms with Crippen LogP contribution in [0.15, 0.2) is 182 Å². The van der Waals surface area contributed by atoms with Gasteiger partial charge in [0.15, 0.2) is 17.5 Å². The number of fused-ring (bicyclic) bond motifs is 6. The first-order valence-corrected chi connectivity index (χ1v) is 20.5. The van der Waals surface area contributed by atoms with Crippen LogP contribution in [0.2, 0.25) is 0 Å². The van der Waals surface area contributed by atoms with E-state index in [-0.39, 0.29) is 0 Å². The molecule has 13 aromatic rings. The SMILES string of the molecule is c1ccc(-c2nc(-c3ccc(-n4c5cccc6c7ccccc7n7c(-c8ccccc8)nc8ccc4c(c65)c87)cc3)nc(-c3ccc4sc5ccccc5c4c3)n2)cc1. The van der Waals surface area contributed by atoms with E-state index in [2.05, 4.69) is 173 Å². The lowest BCUT2D eigenvalue weighted by Crippen LogP contribution is -2.00. The number of imidazole rings is 1. The van der Waals surface area contributed by atoms with E-state index in [0.29, 0.717) is 17.5 Å². The molecule has 0 atom stereocenters. The summed E-state index contributed by atoms with van der Waals surface area (Å²) in [5.74, 6) is 2.86. The van der Waals surface area contributed by atoms with Crippen molar-refractivity contribution in [1.82, 2.24) is 28.9 Å². The molecule has 0 bridgehead atoms. The highest BCUT2D eigenvalue weighted by Gasteiger charge is 2.24. The lowest BCUT2D eigenvalue weighted by Gasteiger charge is -2.11. The molecular formula is C52H30N6S. The van der Waals surface area contributed by atoms with Gasteiger partial charge < -0.3 is 4.57 Å². The topological polar surface area (TPSA) is 60.9 Å². The van der Waals surface area contributed by atoms with Crippen LogP contribution in [-0.4, -0.2) is 28.9 Å². The van der Waals surface area contributed by atoms with Gasteiger partial charge in [0.05, 0.1) is 27.6 Å². The standard InChI is InChI=1S/C52H30N6S/c1-3-12-31(13-4-1)49-54-50(56-51(55-49)34-24-29-45-39(30-34)37-17-8-10-21-44(37)59-45)32-22-25-35(26-23-32)57-42-20-11-18-38-36-16-7-9-19-41(36)58-48-40(27-28-43(57)47(48)46(38)42)53-52(58)33-14-5-2-6-15-33/h1-30H. The van der Waals surface area contributed by atoms with Crippen LogP contribution in [0, 0.1) is 0 Å². The third-order valence-electron chi connectivity index (χ3n) is 11.7. The fourth-order valence-corrected chi connectivity index (χ4v) is 10.2. The van der Waals surface area contributed by atoms with E-state index in [4.69, 9.17) is 19.9 Å². The number of hydrogen-bond acceptors (Lipinski definition) is 5. The summed E-state index contributed by atoms with van der Waals surface area (Å²) < 4.78 is 7.28. The molecule has 0 fully saturated rings. The van der Waals surface area contributed by atoms with E-state index in [1.54, 1.807) is 0 Å². The zero-order chi connectivity index (χ0) is 38.6. The summed E-state index contributed by atoms with van der Waals surface area (Å²) in [6.45, 7) is 0. The zero-order valence-electron chi connectivity index (χ0n) is 31.4. The lowest BCUT2D eigenvalue weighted by atomic mass is 10.1. The van der Waals surface area contributed by atoms with Gasteiger partial charge in [-0.25, -0.2) is 19.9 Å². The van der Waals surface area contributed by atoms with Crippen molar-refractivity contribution in [3.63, 3.8) is 0 Å². The molecule has 5 heterocycles. The second kappa shape index (κ2) is 12.4. The first-order chi connectivity index (χ1) is 29.2. The maximum absolute atomic E-state index is 5.28. The number of thiophene rings is 1. The quantitative estimate of drug-likeness (QED) is 0.175. The predicted octanol–water partition coefficient (Wildman–Crippen LogP) is 13.4. The van der Waals surface area contributed by atoms with Gasteiger partial charge in [0.1, 0.15) is 5.82 Å². The van der Waals surface area contributed by atoms with Gasteiger partial charge >= 0.3 is 0 Å². The molecule has 0 aliphatic rings. The average Bonchev–Trinajstić information content (AvgIpc) is 3.96. The highest BCUT2D eigenvalue weighted by atomic mass is 32.1. The third-order valence-corrected chi connectivity index (χ3v) is 12.9. The van der Waals surface area contributed by atoms with Gasteiger partial charge in [-0.15, -0.1) is 11.3 Å². The maximum Gasteiger partial charge on any atom is 0.164 e. The average molecular weight is 771 g/mol. The molecule has 13 rings (SSSR count). The van der Waals surface area contributed by atoms with Crippen molar-refractivity contribution < 1.29 is 0 Å². The molecule has 0 radical (unpaired) electrons. The van der Waals surface area contributed by atoms with Gasteiger partial charge in [-0.2, -0.15) is 0 Å². The Morgan fingerprint density at radius 1 is 0.373 bits per heavy atom. The Bertz CT molecular complexity index is 3770. The van der Waals surface area contributed by atoms with E-state index in [9.17, 15) is 0 Å². The summed E-state index contributed by atoms with van der Waals surface area (Å²) in [6.07, 6.45) is 0. The van der Waals surface area contributed by atoms with Gasteiger partial charge in [-0.05, 0) is 78.2 Å². The molecule has 274 valence electrons. The van der Waals surface area contributed by atoms with Gasteiger partial charge in [0.2, 0.25) is 0 Å². The number of para-hydroxylation sites is 1. The molecule has 7 heteroatoms. The lowest BCUT2D eigenvalue weighted by molar-refractivity contribution is 1.07. The van der Waals surface area contributed by atoms with Crippen LogP contribution in [0.1, 0.15) is 0 Å². The molecule has 0 saturated heterocycles. The number of rotatable bonds is 5. The highest BCUT2D eigenvalue weighted by molar-refractivity contribution is 7.25. The molecule has 6 nitrogen and oxygen atoms in total. The Morgan fingerprint density at radius 3 is 1.76 bits per heavy atom. The third kappa shape index (κ3) is 4.79. The molecule has 0 saturated carbocycles. The fraction of sp³-hybridized carbons (Fsp3) is 0. The molecule has 0 N–H and O–H groups in total. The van der Waals surface area contributed by atoms with Crippen molar-refractivity contribution in [1.29, 1.82) is 0 Å². The Kier molecular flexibility index (Phi) is 6.79. The number of hydrogen-bond donors (Lipinski definition) is 0. The first kappa shape index (κ1) is 32.4. The minimum Gasteiger partial charge on any atom is -0.309 e. The first-order valence-electron chi connectivity index (χ1n) is 19.7. The molecule has 5 aromatic heterocycles. The Hall–Kier alpha value is -7.74. The van der Waals surface area contributed by atoms with Crippen molar-refractivity contribution in [3.8, 4) is 51.2 Å². The van der Waals surface area contributed by atoms with E-state index < -0.39 is 0 Å². The van der Waals surface area contributed by atoms with Crippen LogP contribution < -0.4 is 0 Å². The van der Waals surface area contributed by atoms with Crippen LogP contribution in [0.25, 0.3) is 121 Å². The smallest absolute Gasteiger partial charge is 0.164 e. The molecule has 0 aliphatic heterocycles. The van der Waals surface area contributed by atoms with Crippen LogP contribution in [0.4, 0.5) is 0 Å². The maximum atomic E-state index is 5.28. The molecule has 0 spiro atoms. The zero-order valence-corrected chi connectivity index (χ0v) is 32.2. The summed E-state index contributed by atoms with van der Waals surface area (Å²) in [5.41, 5.74) is 10.5. The van der Waals surface area contributed by atoms with Crippen LogP contribution >= 0.6 is 11.3 Å². The Labute approximate surface area is 341 Å². The summed E-state index contributed by atoms with van der Waals surface area (Å²) >= 11 is 1.81. The second-order valence-corrected chi connectivity index (χ2v) is 16.1. The molecule has 8 aromatic carbocycles. The predicted molar refractivity (Wildman–Crippen MR) is 244 cm³/mol. The van der Waals surface area contributed by atoms with E-state index in [0.717, 1.165) is 61.3 Å². The number of nitrogens with zero attached hydrogens (tertiary/aromatic N) is 6. The normalized spacial score (nSPS) is 12.1. The Balaban J connectivity index is 1.01. The molecule has 0 aliphatic carbocycles. The Morgan fingerprint density at radius 2 is 0.966 bits per heavy atom. The van der Waals surface area contributed by atoms with Gasteiger partial charge in [0.25, 0.3) is 0 Å². The summed E-state index contributed by atoms with van der Waals surface area (Å²) in [4.78, 5) is 20.5. The second-order valence-electron chi connectivity index (χ2n) is 15.0. The van der Waals surface area contributed by atoms with Crippen LogP contribution in [0.5, 0.6) is 0 Å². The highest BCUT2D eigenvalue weighted by Crippen LogP contribution is 2.44. The van der Waals surface area contributed by atoms with Crippen molar-refractivity contribution in [2.45, 2.75) is 0 Å². The van der Waals surface area contributed by atoms with E-state index in [1.807, 2.05) is 29.5 Å². The van der Waals surface area contributed by atoms with Gasteiger partial charge in [-0.1, -0.05) is 109 Å². The van der Waals surface area contributed by atoms with E-state index >= 15 is 0 Å². The minimum atomic E-state index is 0.630. The molecular weight excluding hydrogens is 741 g/mol. The fourth-order valence-electron chi connectivity index (χ4n) is 9.10. The van der Waals surface area contributed by atoms with Gasteiger partial charge in [0, 0.05) is 64.3 Å². The summed E-state index contributed by atoms with van der Waals surface area (Å²) in [6, 6.07) is 64.2. The van der Waals surface area contributed by atoms with Crippen LogP contribution in [-0.2, 0) is 0 Å². The van der Waals surface area contributed by atoms with Crippen molar-refractivity contribution >= 4 is 80.6 Å².